The van der Waals surface area contributed by atoms with Gasteiger partial charge in [0.15, 0.2) is 0 Å². The Morgan fingerprint density at radius 3 is 2.52 bits per heavy atom. The number of benzene rings is 1. The summed E-state index contributed by atoms with van der Waals surface area (Å²) in [6.07, 6.45) is 3.34. The summed E-state index contributed by atoms with van der Waals surface area (Å²) in [5.74, 6) is -1.51. The zero-order chi connectivity index (χ0) is 21.0. The Bertz CT molecular complexity index is 1050. The Kier molecular flexibility index (Phi) is 6.24. The van der Waals surface area contributed by atoms with Gasteiger partial charge in [-0.15, -0.1) is 0 Å². The van der Waals surface area contributed by atoms with Crippen LogP contribution in [0.15, 0.2) is 54.7 Å². The highest BCUT2D eigenvalue weighted by Crippen LogP contribution is 2.33. The van der Waals surface area contributed by atoms with Gasteiger partial charge in [-0.3, -0.25) is 9.59 Å². The molecule has 3 rings (SSSR count). The zero-order valence-electron chi connectivity index (χ0n) is 16.4. The second-order valence-electron chi connectivity index (χ2n) is 7.27. The Morgan fingerprint density at radius 2 is 1.86 bits per heavy atom. The number of carbonyl (C=O) groups excluding carboxylic acids is 1. The number of ketones is 1. The van der Waals surface area contributed by atoms with Gasteiger partial charge in [-0.25, -0.2) is 4.52 Å². The van der Waals surface area contributed by atoms with Gasteiger partial charge in [0.05, 0.1) is 17.3 Å². The average molecular weight is 392 g/mol. The summed E-state index contributed by atoms with van der Waals surface area (Å²) in [6, 6.07) is 13.7. The van der Waals surface area contributed by atoms with Gasteiger partial charge >= 0.3 is 5.97 Å². The molecule has 0 spiro atoms. The minimum absolute atomic E-state index is 0.197. The van der Waals surface area contributed by atoms with E-state index in [9.17, 15) is 14.7 Å². The van der Waals surface area contributed by atoms with E-state index in [2.05, 4.69) is 13.8 Å². The molecule has 2 heterocycles. The number of hydrogen-bond donors (Lipinski definition) is 2. The molecular weight excluding hydrogens is 368 g/mol. The van der Waals surface area contributed by atoms with E-state index >= 15 is 0 Å². The van der Waals surface area contributed by atoms with Crippen LogP contribution in [-0.4, -0.2) is 37.7 Å². The van der Waals surface area contributed by atoms with Crippen LogP contribution in [0.5, 0.6) is 0 Å². The van der Waals surface area contributed by atoms with Crippen LogP contribution in [0.3, 0.4) is 0 Å². The van der Waals surface area contributed by atoms with Crippen LogP contribution in [-0.2, 0) is 9.59 Å². The lowest BCUT2D eigenvalue weighted by atomic mass is 9.93. The van der Waals surface area contributed by atoms with E-state index in [0.29, 0.717) is 0 Å². The topological polar surface area (TPSA) is 91.9 Å². The van der Waals surface area contributed by atoms with Crippen molar-refractivity contribution in [2.45, 2.75) is 38.7 Å². The van der Waals surface area contributed by atoms with Crippen LogP contribution in [0.1, 0.15) is 43.7 Å². The van der Waals surface area contributed by atoms with Crippen molar-refractivity contribution in [3.05, 3.63) is 65.9 Å². The lowest BCUT2D eigenvalue weighted by Gasteiger charge is -2.17. The van der Waals surface area contributed by atoms with Crippen LogP contribution in [0.2, 0.25) is 0 Å². The fourth-order valence-electron chi connectivity index (χ4n) is 3.43. The number of aliphatic hydroxyl groups is 1. The number of Topliss-reactive ketones (excluding diaryl/α,β-unsaturated/α-hetero) is 1. The SMILES string of the molecule is CC(C)c1c(C=CC(O)CC(=O)CC(=O)O)c(-c2ccccc2)nn2cccc12. The lowest BCUT2D eigenvalue weighted by Crippen LogP contribution is -2.14. The summed E-state index contributed by atoms with van der Waals surface area (Å²) in [5.41, 5.74) is 4.67. The predicted octanol–water partition coefficient (Wildman–Crippen LogP) is 3.93. The van der Waals surface area contributed by atoms with Crippen LogP contribution in [0.25, 0.3) is 22.9 Å². The highest BCUT2D eigenvalue weighted by Gasteiger charge is 2.18. The van der Waals surface area contributed by atoms with Gasteiger partial charge in [-0.05, 0) is 23.6 Å². The second kappa shape index (κ2) is 8.84. The normalized spacial score (nSPS) is 12.7. The molecule has 0 bridgehead atoms. The van der Waals surface area contributed by atoms with Gasteiger partial charge in [0.25, 0.3) is 0 Å². The lowest BCUT2D eigenvalue weighted by molar-refractivity contribution is -0.140. The molecule has 0 saturated heterocycles. The average Bonchev–Trinajstić information content (AvgIpc) is 3.13. The van der Waals surface area contributed by atoms with Crippen molar-refractivity contribution in [1.29, 1.82) is 0 Å². The summed E-state index contributed by atoms with van der Waals surface area (Å²) in [7, 11) is 0. The first kappa shape index (κ1) is 20.5. The number of nitrogens with zero attached hydrogens (tertiary/aromatic N) is 2. The molecule has 0 aliphatic carbocycles. The Labute approximate surface area is 169 Å². The molecule has 0 aliphatic heterocycles. The minimum atomic E-state index is -1.19. The standard InChI is InChI=1S/C23H24N2O4/c1-15(2)22-19(11-10-17(26)13-18(27)14-21(28)29)23(16-7-4-3-5-8-16)24-25-12-6-9-20(22)25/h3-12,15,17,26H,13-14H2,1-2H3,(H,28,29). The zero-order valence-corrected chi connectivity index (χ0v) is 16.4. The van der Waals surface area contributed by atoms with Gasteiger partial charge in [-0.2, -0.15) is 5.10 Å². The number of hydrogen-bond acceptors (Lipinski definition) is 4. The van der Waals surface area contributed by atoms with Gasteiger partial charge in [0.2, 0.25) is 0 Å². The molecule has 0 fully saturated rings. The predicted molar refractivity (Wildman–Crippen MR) is 112 cm³/mol. The van der Waals surface area contributed by atoms with E-state index < -0.39 is 24.3 Å². The van der Waals surface area contributed by atoms with E-state index in [1.165, 1.54) is 6.08 Å². The van der Waals surface area contributed by atoms with Gasteiger partial charge in [0.1, 0.15) is 12.2 Å². The Balaban J connectivity index is 2.06. The van der Waals surface area contributed by atoms with Crippen LogP contribution in [0, 0.1) is 0 Å². The Hall–Kier alpha value is -3.25. The van der Waals surface area contributed by atoms with E-state index in [1.54, 1.807) is 6.08 Å². The van der Waals surface area contributed by atoms with Crippen LogP contribution in [0.4, 0.5) is 0 Å². The summed E-state index contributed by atoms with van der Waals surface area (Å²) >= 11 is 0. The first-order valence-corrected chi connectivity index (χ1v) is 9.53. The minimum Gasteiger partial charge on any atom is -0.481 e. The maximum absolute atomic E-state index is 11.7. The fraction of sp³-hybridized carbons (Fsp3) is 0.261. The smallest absolute Gasteiger partial charge is 0.310 e. The number of fused-ring (bicyclic) bond motifs is 1. The van der Waals surface area contributed by atoms with Crippen molar-refractivity contribution in [2.75, 3.05) is 0 Å². The number of rotatable bonds is 8. The Morgan fingerprint density at radius 1 is 1.14 bits per heavy atom. The summed E-state index contributed by atoms with van der Waals surface area (Å²) in [6.45, 7) is 4.20. The monoisotopic (exact) mass is 392 g/mol. The molecule has 6 nitrogen and oxygen atoms in total. The number of carboxylic acids is 1. The van der Waals surface area contributed by atoms with E-state index in [-0.39, 0.29) is 12.3 Å². The van der Waals surface area contributed by atoms with Crippen molar-refractivity contribution in [2.24, 2.45) is 0 Å². The molecule has 29 heavy (non-hydrogen) atoms. The maximum atomic E-state index is 11.7. The van der Waals surface area contributed by atoms with E-state index in [4.69, 9.17) is 10.2 Å². The third kappa shape index (κ3) is 4.78. The second-order valence-corrected chi connectivity index (χ2v) is 7.27. The molecule has 1 atom stereocenters. The molecule has 3 aromatic rings. The maximum Gasteiger partial charge on any atom is 0.310 e. The van der Waals surface area contributed by atoms with Crippen molar-refractivity contribution in [1.82, 2.24) is 9.61 Å². The van der Waals surface area contributed by atoms with Crippen molar-refractivity contribution < 1.29 is 19.8 Å². The third-order valence-electron chi connectivity index (χ3n) is 4.65. The molecule has 2 N–H and O–H groups in total. The van der Waals surface area contributed by atoms with Gasteiger partial charge < -0.3 is 10.2 Å². The van der Waals surface area contributed by atoms with E-state index in [1.807, 2.05) is 53.2 Å². The molecule has 2 aromatic heterocycles. The first-order chi connectivity index (χ1) is 13.9. The van der Waals surface area contributed by atoms with Crippen LogP contribution >= 0.6 is 0 Å². The highest BCUT2D eigenvalue weighted by atomic mass is 16.4. The van der Waals surface area contributed by atoms with Crippen molar-refractivity contribution in [3.8, 4) is 11.3 Å². The highest BCUT2D eigenvalue weighted by molar-refractivity contribution is 5.95. The van der Waals surface area contributed by atoms with Gasteiger partial charge in [0, 0.05) is 23.7 Å². The van der Waals surface area contributed by atoms with Crippen molar-refractivity contribution in [3.63, 3.8) is 0 Å². The number of aromatic nitrogens is 2. The molecular formula is C23H24N2O4. The molecule has 0 saturated carbocycles. The third-order valence-corrected chi connectivity index (χ3v) is 4.65. The number of aliphatic carboxylic acids is 1. The molecule has 1 aromatic carbocycles. The number of carbonyl (C=O) groups is 2. The number of carboxylic acid groups (broad SMARTS) is 1. The number of aliphatic hydroxyl groups excluding tert-OH is 1. The molecule has 6 heteroatoms. The summed E-state index contributed by atoms with van der Waals surface area (Å²) < 4.78 is 1.85. The summed E-state index contributed by atoms with van der Waals surface area (Å²) in [5, 5.41) is 23.7. The van der Waals surface area contributed by atoms with Crippen molar-refractivity contribution >= 4 is 23.3 Å². The molecule has 1 unspecified atom stereocenters. The van der Waals surface area contributed by atoms with E-state index in [0.717, 1.165) is 27.9 Å². The summed E-state index contributed by atoms with van der Waals surface area (Å²) in [4.78, 5) is 22.3. The van der Waals surface area contributed by atoms with Crippen LogP contribution < -0.4 is 0 Å². The van der Waals surface area contributed by atoms with Gasteiger partial charge in [-0.1, -0.05) is 56.3 Å². The fourth-order valence-corrected chi connectivity index (χ4v) is 3.43. The quantitative estimate of drug-likeness (QED) is 0.567. The first-order valence-electron chi connectivity index (χ1n) is 9.53. The molecule has 0 radical (unpaired) electrons. The molecule has 150 valence electrons. The largest absolute Gasteiger partial charge is 0.481 e. The molecule has 0 amide bonds. The molecule has 0 aliphatic rings.